The van der Waals surface area contributed by atoms with Crippen molar-refractivity contribution in [1.82, 2.24) is 5.32 Å². The highest BCUT2D eigenvalue weighted by atomic mass is 16.1. The minimum Gasteiger partial charge on any atom is -0.356 e. The fraction of sp³-hybridized carbons (Fsp3) is 0.571. The minimum atomic E-state index is 0.396. The van der Waals surface area contributed by atoms with Gasteiger partial charge in [-0.2, -0.15) is 0 Å². The first-order valence-corrected chi connectivity index (χ1v) is 3.28. The normalized spacial score (nSPS) is 25.6. The summed E-state index contributed by atoms with van der Waals surface area (Å²) in [6.07, 6.45) is 8.25. The van der Waals surface area contributed by atoms with E-state index in [2.05, 4.69) is 17.5 Å². The van der Waals surface area contributed by atoms with E-state index in [-0.39, 0.29) is 0 Å². The molecule has 50 valence electrons. The molecule has 0 aromatic carbocycles. The first-order valence-electron chi connectivity index (χ1n) is 3.28. The van der Waals surface area contributed by atoms with Gasteiger partial charge in [0.05, 0.1) is 0 Å². The predicted molar refractivity (Wildman–Crippen MR) is 36.0 cm³/mol. The third kappa shape index (κ3) is 1.88. The molecule has 0 aliphatic heterocycles. The monoisotopic (exact) mass is 125 g/mol. The molecule has 0 fully saturated rings. The Morgan fingerprint density at radius 3 is 3.00 bits per heavy atom. The molecule has 1 aliphatic rings. The molecule has 2 nitrogen and oxygen atoms in total. The summed E-state index contributed by atoms with van der Waals surface area (Å²) in [5.74, 6) is 0. The lowest BCUT2D eigenvalue weighted by Crippen LogP contribution is -2.27. The van der Waals surface area contributed by atoms with Crippen molar-refractivity contribution in [2.75, 3.05) is 0 Å². The van der Waals surface area contributed by atoms with E-state index in [9.17, 15) is 4.79 Å². The van der Waals surface area contributed by atoms with Crippen LogP contribution in [0.15, 0.2) is 12.2 Å². The van der Waals surface area contributed by atoms with Gasteiger partial charge in [-0.15, -0.1) is 0 Å². The molecule has 0 saturated carbocycles. The maximum atomic E-state index is 9.94. The molecule has 1 rings (SSSR count). The molecule has 0 bridgehead atoms. The average Bonchev–Trinajstić information content (AvgIpc) is 1.91. The van der Waals surface area contributed by atoms with E-state index in [1.54, 1.807) is 0 Å². The van der Waals surface area contributed by atoms with Crippen LogP contribution in [0.1, 0.15) is 19.3 Å². The molecule has 0 saturated heterocycles. The third-order valence-corrected chi connectivity index (χ3v) is 1.57. The van der Waals surface area contributed by atoms with Crippen LogP contribution in [-0.4, -0.2) is 12.5 Å². The summed E-state index contributed by atoms with van der Waals surface area (Å²) in [4.78, 5) is 9.94. The van der Waals surface area contributed by atoms with Crippen LogP contribution in [0.5, 0.6) is 0 Å². The number of nitrogens with one attached hydrogen (secondary N) is 1. The Bertz CT molecular complexity index is 120. The van der Waals surface area contributed by atoms with Gasteiger partial charge in [0.1, 0.15) is 0 Å². The standard InChI is InChI=1S/C7H11NO/c9-6-8-7-4-2-1-3-5-7/h1-2,6-7H,3-5H2,(H,8,9). The third-order valence-electron chi connectivity index (χ3n) is 1.57. The van der Waals surface area contributed by atoms with Crippen molar-refractivity contribution in [2.24, 2.45) is 0 Å². The number of carbonyl (C=O) groups is 1. The Balaban J connectivity index is 2.26. The molecule has 0 radical (unpaired) electrons. The van der Waals surface area contributed by atoms with Crippen LogP contribution in [0.25, 0.3) is 0 Å². The predicted octanol–water partition coefficient (Wildman–Crippen LogP) is 0.841. The highest BCUT2D eigenvalue weighted by Crippen LogP contribution is 2.09. The molecule has 1 amide bonds. The molecule has 1 atom stereocenters. The van der Waals surface area contributed by atoms with Crippen LogP contribution < -0.4 is 5.32 Å². The van der Waals surface area contributed by atoms with Crippen LogP contribution in [0.3, 0.4) is 0 Å². The van der Waals surface area contributed by atoms with Crippen molar-refractivity contribution in [2.45, 2.75) is 25.3 Å². The van der Waals surface area contributed by atoms with Gasteiger partial charge in [-0.3, -0.25) is 4.79 Å². The largest absolute Gasteiger partial charge is 0.356 e. The van der Waals surface area contributed by atoms with E-state index in [1.165, 1.54) is 0 Å². The Hall–Kier alpha value is -0.790. The van der Waals surface area contributed by atoms with Crippen molar-refractivity contribution in [3.8, 4) is 0 Å². The molecule has 1 unspecified atom stereocenters. The SMILES string of the molecule is O=CNC1CC=CCC1. The lowest BCUT2D eigenvalue weighted by Gasteiger charge is -2.15. The van der Waals surface area contributed by atoms with E-state index in [0.29, 0.717) is 6.04 Å². The van der Waals surface area contributed by atoms with Crippen LogP contribution in [0, 0.1) is 0 Å². The number of allylic oxidation sites excluding steroid dienone is 1. The highest BCUT2D eigenvalue weighted by molar-refractivity contribution is 5.46. The second-order valence-electron chi connectivity index (χ2n) is 2.27. The zero-order chi connectivity index (χ0) is 6.53. The number of hydrogen-bond donors (Lipinski definition) is 1. The first kappa shape index (κ1) is 6.33. The molecule has 0 aromatic heterocycles. The molecular formula is C7H11NO. The summed E-state index contributed by atoms with van der Waals surface area (Å²) in [7, 11) is 0. The maximum Gasteiger partial charge on any atom is 0.207 e. The van der Waals surface area contributed by atoms with Gasteiger partial charge in [-0.1, -0.05) is 12.2 Å². The summed E-state index contributed by atoms with van der Waals surface area (Å²) in [6, 6.07) is 0.396. The fourth-order valence-corrected chi connectivity index (χ4v) is 1.04. The van der Waals surface area contributed by atoms with Crippen LogP contribution in [0.4, 0.5) is 0 Å². The fourth-order valence-electron chi connectivity index (χ4n) is 1.04. The van der Waals surface area contributed by atoms with E-state index in [1.807, 2.05) is 0 Å². The van der Waals surface area contributed by atoms with Gasteiger partial charge in [0.2, 0.25) is 6.41 Å². The zero-order valence-corrected chi connectivity index (χ0v) is 5.34. The average molecular weight is 125 g/mol. The Morgan fingerprint density at radius 1 is 1.56 bits per heavy atom. The van der Waals surface area contributed by atoms with E-state index >= 15 is 0 Å². The topological polar surface area (TPSA) is 29.1 Å². The second kappa shape index (κ2) is 3.28. The number of hydrogen-bond acceptors (Lipinski definition) is 1. The van der Waals surface area contributed by atoms with Gasteiger partial charge in [0.25, 0.3) is 0 Å². The first-order chi connectivity index (χ1) is 4.43. The van der Waals surface area contributed by atoms with Gasteiger partial charge >= 0.3 is 0 Å². The summed E-state index contributed by atoms with van der Waals surface area (Å²) in [5.41, 5.74) is 0. The molecule has 1 aliphatic carbocycles. The van der Waals surface area contributed by atoms with Gasteiger partial charge in [0, 0.05) is 6.04 Å². The van der Waals surface area contributed by atoms with Gasteiger partial charge in [0.15, 0.2) is 0 Å². The number of rotatable bonds is 2. The Kier molecular flexibility index (Phi) is 2.31. The lowest BCUT2D eigenvalue weighted by molar-refractivity contribution is -0.110. The molecular weight excluding hydrogens is 114 g/mol. The van der Waals surface area contributed by atoms with Crippen LogP contribution >= 0.6 is 0 Å². The minimum absolute atomic E-state index is 0.396. The number of amides is 1. The molecule has 0 spiro atoms. The lowest BCUT2D eigenvalue weighted by atomic mass is 10.0. The van der Waals surface area contributed by atoms with Gasteiger partial charge in [-0.25, -0.2) is 0 Å². The Labute approximate surface area is 54.9 Å². The van der Waals surface area contributed by atoms with Gasteiger partial charge in [-0.05, 0) is 19.3 Å². The van der Waals surface area contributed by atoms with E-state index in [0.717, 1.165) is 25.7 Å². The zero-order valence-electron chi connectivity index (χ0n) is 5.34. The molecule has 1 N–H and O–H groups in total. The van der Waals surface area contributed by atoms with Crippen molar-refractivity contribution >= 4 is 6.41 Å². The van der Waals surface area contributed by atoms with Crippen molar-refractivity contribution < 1.29 is 4.79 Å². The second-order valence-corrected chi connectivity index (χ2v) is 2.27. The molecule has 2 heteroatoms. The highest BCUT2D eigenvalue weighted by Gasteiger charge is 2.06. The summed E-state index contributed by atoms with van der Waals surface area (Å²) in [6.45, 7) is 0. The van der Waals surface area contributed by atoms with Crippen LogP contribution in [-0.2, 0) is 4.79 Å². The Morgan fingerprint density at radius 2 is 2.44 bits per heavy atom. The van der Waals surface area contributed by atoms with E-state index < -0.39 is 0 Å². The maximum absolute atomic E-state index is 9.94. The number of carbonyl (C=O) groups excluding carboxylic acids is 1. The quantitative estimate of drug-likeness (QED) is 0.430. The van der Waals surface area contributed by atoms with Gasteiger partial charge < -0.3 is 5.32 Å². The van der Waals surface area contributed by atoms with E-state index in [4.69, 9.17) is 0 Å². The smallest absolute Gasteiger partial charge is 0.207 e. The molecule has 0 aromatic rings. The molecule has 0 heterocycles. The molecule has 9 heavy (non-hydrogen) atoms. The summed E-state index contributed by atoms with van der Waals surface area (Å²) < 4.78 is 0. The summed E-state index contributed by atoms with van der Waals surface area (Å²) >= 11 is 0. The summed E-state index contributed by atoms with van der Waals surface area (Å²) in [5, 5.41) is 2.75. The van der Waals surface area contributed by atoms with Crippen molar-refractivity contribution in [3.05, 3.63) is 12.2 Å². The van der Waals surface area contributed by atoms with Crippen molar-refractivity contribution in [1.29, 1.82) is 0 Å². The van der Waals surface area contributed by atoms with Crippen molar-refractivity contribution in [3.63, 3.8) is 0 Å². The van der Waals surface area contributed by atoms with Crippen LogP contribution in [0.2, 0.25) is 0 Å².